The monoisotopic (exact) mass is 443 g/mol. The smallest absolute Gasteiger partial charge is 0.420 e. The maximum atomic E-state index is 13.4. The van der Waals surface area contributed by atoms with Gasteiger partial charge in [0, 0.05) is 12.1 Å². The second-order valence-corrected chi connectivity index (χ2v) is 7.92. The predicted molar refractivity (Wildman–Crippen MR) is 99.8 cm³/mol. The van der Waals surface area contributed by atoms with Crippen LogP contribution in [0.1, 0.15) is 43.4 Å². The Hall–Kier alpha value is -2.95. The zero-order valence-electron chi connectivity index (χ0n) is 17.1. The predicted octanol–water partition coefficient (Wildman–Crippen LogP) is 4.21. The molecule has 2 heterocycles. The van der Waals surface area contributed by atoms with Crippen LogP contribution in [0.3, 0.4) is 0 Å². The van der Waals surface area contributed by atoms with Gasteiger partial charge in [0.1, 0.15) is 29.3 Å². The van der Waals surface area contributed by atoms with Gasteiger partial charge in [-0.1, -0.05) is 0 Å². The zero-order valence-corrected chi connectivity index (χ0v) is 17.1. The summed E-state index contributed by atoms with van der Waals surface area (Å²) in [4.78, 5) is 21.9. The maximum absolute atomic E-state index is 13.4. The van der Waals surface area contributed by atoms with Crippen LogP contribution in [0.15, 0.2) is 18.2 Å². The summed E-state index contributed by atoms with van der Waals surface area (Å²) in [5, 5.41) is 9.46. The van der Waals surface area contributed by atoms with E-state index in [4.69, 9.17) is 9.47 Å². The van der Waals surface area contributed by atoms with Crippen molar-refractivity contribution in [1.82, 2.24) is 14.9 Å². The molecule has 3 rings (SSSR count). The highest BCUT2D eigenvalue weighted by Gasteiger charge is 2.36. The lowest BCUT2D eigenvalue weighted by atomic mass is 10.1. The highest BCUT2D eigenvalue weighted by Crippen LogP contribution is 2.39. The molecule has 1 N–H and O–H groups in total. The van der Waals surface area contributed by atoms with Gasteiger partial charge in [-0.15, -0.1) is 0 Å². The molecule has 31 heavy (non-hydrogen) atoms. The number of amides is 1. The van der Waals surface area contributed by atoms with E-state index in [-0.39, 0.29) is 31.2 Å². The summed E-state index contributed by atoms with van der Waals surface area (Å²) in [5.74, 6) is -1.97. The molecule has 11 heteroatoms. The van der Waals surface area contributed by atoms with Crippen molar-refractivity contribution < 1.29 is 36.9 Å². The number of halogens is 4. The number of fused-ring (bicyclic) bond motifs is 1. The molecule has 0 saturated heterocycles. The van der Waals surface area contributed by atoms with Gasteiger partial charge >= 0.3 is 12.3 Å². The normalized spacial score (nSPS) is 14.3. The third-order valence-electron chi connectivity index (χ3n) is 4.32. The Morgan fingerprint density at radius 2 is 1.94 bits per heavy atom. The first-order valence-corrected chi connectivity index (χ1v) is 9.39. The zero-order chi connectivity index (χ0) is 23.0. The summed E-state index contributed by atoms with van der Waals surface area (Å²) in [7, 11) is 0. The Labute approximate surface area is 175 Å². The summed E-state index contributed by atoms with van der Waals surface area (Å²) in [6, 6.07) is 2.04. The first-order chi connectivity index (χ1) is 14.4. The number of ether oxygens (including phenoxy) is 2. The number of nitrogens with zero attached hydrogens (tertiary/aromatic N) is 3. The average molecular weight is 443 g/mol. The molecular weight excluding hydrogens is 422 g/mol. The Balaban J connectivity index is 1.95. The summed E-state index contributed by atoms with van der Waals surface area (Å²) in [6.07, 6.45) is -5.22. The van der Waals surface area contributed by atoms with Crippen LogP contribution >= 0.6 is 0 Å². The van der Waals surface area contributed by atoms with Gasteiger partial charge in [0.15, 0.2) is 5.82 Å². The minimum Gasteiger partial charge on any atom is -0.444 e. The molecule has 0 unspecified atom stereocenters. The van der Waals surface area contributed by atoms with Gasteiger partial charge in [-0.05, 0) is 45.4 Å². The van der Waals surface area contributed by atoms with Gasteiger partial charge in [0.2, 0.25) is 5.88 Å². The molecule has 0 fully saturated rings. The van der Waals surface area contributed by atoms with E-state index in [9.17, 15) is 27.5 Å². The molecule has 0 bridgehead atoms. The van der Waals surface area contributed by atoms with E-state index < -0.39 is 41.6 Å². The molecule has 0 aliphatic carbocycles. The van der Waals surface area contributed by atoms with E-state index in [1.54, 1.807) is 20.8 Å². The SMILES string of the molecule is CC(C)(C)OC(=O)N1CCc2c(nc(CO)nc2Oc2ccc(F)cc2C(F)(F)F)C1. The van der Waals surface area contributed by atoms with Crippen molar-refractivity contribution in [1.29, 1.82) is 0 Å². The number of rotatable bonds is 3. The van der Waals surface area contributed by atoms with E-state index in [2.05, 4.69) is 9.97 Å². The van der Waals surface area contributed by atoms with Gasteiger partial charge in [-0.3, -0.25) is 0 Å². The largest absolute Gasteiger partial charge is 0.444 e. The number of aliphatic hydroxyl groups is 1. The number of aliphatic hydroxyl groups excluding tert-OH is 1. The molecule has 1 aliphatic heterocycles. The Bertz CT molecular complexity index is 990. The van der Waals surface area contributed by atoms with E-state index in [0.717, 1.165) is 12.1 Å². The molecule has 1 aliphatic rings. The fraction of sp³-hybridized carbons (Fsp3) is 0.450. The van der Waals surface area contributed by atoms with Crippen molar-refractivity contribution in [3.05, 3.63) is 46.7 Å². The average Bonchev–Trinajstić information content (AvgIpc) is 2.66. The van der Waals surface area contributed by atoms with E-state index in [0.29, 0.717) is 17.3 Å². The standard InChI is InChI=1S/C20H21F4N3O4/c1-19(2,3)31-18(29)27-7-6-12-14(9-27)25-16(10-28)26-17(12)30-15-5-4-11(21)8-13(15)20(22,23)24/h4-5,8,28H,6-7,9-10H2,1-3H3. The fourth-order valence-corrected chi connectivity index (χ4v) is 3.00. The third-order valence-corrected chi connectivity index (χ3v) is 4.32. The van der Waals surface area contributed by atoms with E-state index in [1.165, 1.54) is 4.90 Å². The molecule has 0 saturated carbocycles. The van der Waals surface area contributed by atoms with Crippen molar-refractivity contribution in [2.75, 3.05) is 6.54 Å². The highest BCUT2D eigenvalue weighted by atomic mass is 19.4. The molecule has 0 radical (unpaired) electrons. The topological polar surface area (TPSA) is 84.8 Å². The Morgan fingerprint density at radius 1 is 1.23 bits per heavy atom. The molecule has 7 nitrogen and oxygen atoms in total. The lowest BCUT2D eigenvalue weighted by Crippen LogP contribution is -2.40. The number of hydrogen-bond acceptors (Lipinski definition) is 6. The van der Waals surface area contributed by atoms with Crippen LogP contribution in [0, 0.1) is 5.82 Å². The molecule has 1 amide bonds. The van der Waals surface area contributed by atoms with Crippen molar-refractivity contribution in [3.63, 3.8) is 0 Å². The van der Waals surface area contributed by atoms with Crippen molar-refractivity contribution >= 4 is 6.09 Å². The molecule has 1 aromatic heterocycles. The van der Waals surface area contributed by atoms with Crippen LogP contribution in [-0.2, 0) is 30.5 Å². The Kier molecular flexibility index (Phi) is 6.08. The van der Waals surface area contributed by atoms with E-state index >= 15 is 0 Å². The van der Waals surface area contributed by atoms with Crippen molar-refractivity contribution in [2.24, 2.45) is 0 Å². The maximum Gasteiger partial charge on any atom is 0.420 e. The first-order valence-electron chi connectivity index (χ1n) is 9.39. The van der Waals surface area contributed by atoms with Gasteiger partial charge in [-0.2, -0.15) is 18.2 Å². The number of benzene rings is 1. The first kappa shape index (κ1) is 22.7. The summed E-state index contributed by atoms with van der Waals surface area (Å²) >= 11 is 0. The summed E-state index contributed by atoms with van der Waals surface area (Å²) in [6.45, 7) is 4.79. The van der Waals surface area contributed by atoms with Crippen LogP contribution in [-0.4, -0.2) is 38.2 Å². The number of carbonyl (C=O) groups excluding carboxylic acids is 1. The lowest BCUT2D eigenvalue weighted by molar-refractivity contribution is -0.138. The number of aromatic nitrogens is 2. The van der Waals surface area contributed by atoms with Gasteiger partial charge in [0.05, 0.1) is 12.2 Å². The van der Waals surface area contributed by atoms with Gasteiger partial charge in [-0.25, -0.2) is 14.2 Å². The van der Waals surface area contributed by atoms with E-state index in [1.807, 2.05) is 0 Å². The quantitative estimate of drug-likeness (QED) is 0.716. The second kappa shape index (κ2) is 8.29. The molecule has 168 valence electrons. The summed E-state index contributed by atoms with van der Waals surface area (Å²) in [5.41, 5.74) is -1.28. The van der Waals surface area contributed by atoms with Crippen LogP contribution in [0.2, 0.25) is 0 Å². The highest BCUT2D eigenvalue weighted by molar-refractivity contribution is 5.68. The number of alkyl halides is 3. The lowest BCUT2D eigenvalue weighted by Gasteiger charge is -2.31. The fourth-order valence-electron chi connectivity index (χ4n) is 3.00. The second-order valence-electron chi connectivity index (χ2n) is 7.92. The molecular formula is C20H21F4N3O4. The van der Waals surface area contributed by atoms with Crippen molar-refractivity contribution in [3.8, 4) is 11.6 Å². The molecule has 0 atom stereocenters. The van der Waals surface area contributed by atoms with Crippen LogP contribution in [0.5, 0.6) is 11.6 Å². The van der Waals surface area contributed by atoms with Gasteiger partial charge in [0.25, 0.3) is 0 Å². The molecule has 0 spiro atoms. The van der Waals surface area contributed by atoms with Crippen LogP contribution < -0.4 is 4.74 Å². The van der Waals surface area contributed by atoms with Gasteiger partial charge < -0.3 is 19.5 Å². The Morgan fingerprint density at radius 3 is 2.55 bits per heavy atom. The summed E-state index contributed by atoms with van der Waals surface area (Å²) < 4.78 is 64.1. The van der Waals surface area contributed by atoms with Crippen LogP contribution in [0.4, 0.5) is 22.4 Å². The number of hydrogen-bond donors (Lipinski definition) is 1. The van der Waals surface area contributed by atoms with Crippen molar-refractivity contribution in [2.45, 2.75) is 52.1 Å². The minimum absolute atomic E-state index is 0.00563. The minimum atomic E-state index is -4.85. The molecule has 1 aromatic carbocycles. The molecule has 2 aromatic rings. The number of carbonyl (C=O) groups is 1. The third kappa shape index (κ3) is 5.40. The van der Waals surface area contributed by atoms with Crippen LogP contribution in [0.25, 0.3) is 0 Å².